The Bertz CT molecular complexity index is 20.1. The summed E-state index contributed by atoms with van der Waals surface area (Å²) in [7, 11) is 4.26. The van der Waals surface area contributed by atoms with Crippen LogP contribution < -0.4 is 0 Å². The second kappa shape index (κ2) is 1440. The van der Waals surface area contributed by atoms with E-state index in [1.165, 1.54) is 0 Å². The zero-order valence-corrected chi connectivity index (χ0v) is 9.34. The average molecular weight is 274 g/mol. The summed E-state index contributed by atoms with van der Waals surface area (Å²) in [5.41, 5.74) is 0. The molecule has 0 aromatic carbocycles. The third kappa shape index (κ3) is 1160. The van der Waals surface area contributed by atoms with Gasteiger partial charge in [0.25, 0.3) is 0 Å². The van der Waals surface area contributed by atoms with Crippen molar-refractivity contribution < 1.29 is 31.1 Å². The average Bonchev–Trinajstić information content (AvgIpc) is 1.50. The maximum Gasteiger partial charge on any atom is 3.00 e. The second-order valence-corrected chi connectivity index (χ2v) is 0. The molecule has 0 bridgehead atoms. The molecular formula is C4H17ClN4Ni2-4. The molecule has 1 radical (unpaired) electrons. The van der Waals surface area contributed by atoms with Crippen molar-refractivity contribution in [2.24, 2.45) is 0 Å². The van der Waals surface area contributed by atoms with Gasteiger partial charge in [-0.3, -0.25) is 6.58 Å². The van der Waals surface area contributed by atoms with Gasteiger partial charge in [0.2, 0.25) is 0 Å². The van der Waals surface area contributed by atoms with Gasteiger partial charge >= 0.3 is 41.3 Å². The zero-order chi connectivity index (χ0) is 4.00. The number of halogens is 1. The smallest absolute Gasteiger partial charge is 0.693 e. The molecule has 0 saturated heterocycles. The molecule has 0 amide bonds. The van der Waals surface area contributed by atoms with E-state index in [1.807, 2.05) is 0 Å². The minimum absolute atomic E-state index is 0. The van der Waals surface area contributed by atoms with Gasteiger partial charge in [0.15, 0.2) is 0 Å². The Kier molecular flexibility index (Phi) is 22400. The van der Waals surface area contributed by atoms with Gasteiger partial charge in [-0.15, -0.1) is 0 Å². The first-order valence-corrected chi connectivity index (χ1v) is 1.89. The van der Waals surface area contributed by atoms with Gasteiger partial charge in [-0.05, 0) is 0 Å². The SMILES string of the molecule is [CH-]=C.[CH3-].[CH3-].[Cl][Ni].[NH2-].[NH2-].[NH2-].[NH2-].[Ni+3]. The normalized spacial score (nSPS) is 1.00. The van der Waals surface area contributed by atoms with Crippen molar-refractivity contribution in [1.82, 2.24) is 0 Å². The molecule has 8 N–H and O–H groups in total. The maximum absolute atomic E-state index is 4.26. The number of rotatable bonds is 0. The molecule has 7 heteroatoms. The van der Waals surface area contributed by atoms with Crippen molar-refractivity contribution >= 4 is 10.2 Å². The predicted molar refractivity (Wildman–Crippen MR) is 49.7 cm³/mol. The van der Waals surface area contributed by atoms with Gasteiger partial charge in [0, 0.05) is 0 Å². The summed E-state index contributed by atoms with van der Waals surface area (Å²) in [5.74, 6) is 0. The Morgan fingerprint density at radius 1 is 0.818 bits per heavy atom. The van der Waals surface area contributed by atoms with Crippen molar-refractivity contribution in [3.05, 3.63) is 52.6 Å². The molecule has 0 aliphatic carbocycles. The Balaban J connectivity index is -0.000000000635. The molecule has 0 aliphatic heterocycles. The summed E-state index contributed by atoms with van der Waals surface area (Å²) in [6.45, 7) is 7.00. The molecule has 0 rings (SSSR count). The van der Waals surface area contributed by atoms with Crippen molar-refractivity contribution in [3.63, 3.8) is 0 Å². The van der Waals surface area contributed by atoms with Crippen LogP contribution in [0.3, 0.4) is 0 Å². The Labute approximate surface area is 93.8 Å². The molecule has 0 spiro atoms. The number of hydrogen-bond donors (Lipinski definition) is 0. The van der Waals surface area contributed by atoms with E-state index in [0.717, 1.165) is 0 Å². The summed E-state index contributed by atoms with van der Waals surface area (Å²) in [4.78, 5) is 0. The van der Waals surface area contributed by atoms with Gasteiger partial charge in [0.1, 0.15) is 0 Å². The van der Waals surface area contributed by atoms with E-state index >= 15 is 0 Å². The molecule has 0 heterocycles. The summed E-state index contributed by atoms with van der Waals surface area (Å²) in [5, 5.41) is 0. The van der Waals surface area contributed by atoms with Crippen LogP contribution in [0.4, 0.5) is 0 Å². The van der Waals surface area contributed by atoms with E-state index in [9.17, 15) is 0 Å². The van der Waals surface area contributed by atoms with E-state index in [2.05, 4.69) is 37.9 Å². The van der Waals surface area contributed by atoms with Crippen LogP contribution in [0.5, 0.6) is 0 Å². The fourth-order valence-electron chi connectivity index (χ4n) is 0. The molecule has 0 aromatic rings. The van der Waals surface area contributed by atoms with Crippen LogP contribution in [-0.2, 0) is 31.1 Å². The Morgan fingerprint density at radius 2 is 0.818 bits per heavy atom. The van der Waals surface area contributed by atoms with E-state index in [4.69, 9.17) is 0 Å². The summed E-state index contributed by atoms with van der Waals surface area (Å²) in [6, 6.07) is 0. The second-order valence-electron chi connectivity index (χ2n) is 0. The molecule has 0 fully saturated rings. The molecule has 0 aromatic heterocycles. The Hall–Kier alpha value is 0.857. The van der Waals surface area contributed by atoms with Crippen molar-refractivity contribution in [2.45, 2.75) is 0 Å². The fraction of sp³-hybridized carbons (Fsp3) is 0. The first-order valence-electron chi connectivity index (χ1n) is 0.528. The van der Waals surface area contributed by atoms with Crippen LogP contribution in [-0.4, -0.2) is 0 Å². The predicted octanol–water partition coefficient (Wildman–Crippen LogP) is 5.06. The van der Waals surface area contributed by atoms with E-state index in [1.54, 1.807) is 0 Å². The Morgan fingerprint density at radius 3 is 0.818 bits per heavy atom. The van der Waals surface area contributed by atoms with Crippen LogP contribution >= 0.6 is 10.2 Å². The van der Waals surface area contributed by atoms with Gasteiger partial charge in [-0.1, -0.05) is 0 Å². The molecule has 0 aliphatic rings. The van der Waals surface area contributed by atoms with Gasteiger partial charge in [0.05, 0.1) is 0 Å². The van der Waals surface area contributed by atoms with Crippen LogP contribution in [0, 0.1) is 21.4 Å². The van der Waals surface area contributed by atoms with Crippen molar-refractivity contribution in [2.75, 3.05) is 0 Å². The summed E-state index contributed by atoms with van der Waals surface area (Å²) < 4.78 is 0. The van der Waals surface area contributed by atoms with Gasteiger partial charge < -0.3 is 46.0 Å². The van der Waals surface area contributed by atoms with Crippen LogP contribution in [0.15, 0.2) is 6.58 Å². The van der Waals surface area contributed by atoms with Crippen LogP contribution in [0.25, 0.3) is 24.6 Å². The first kappa shape index (κ1) is 171. The zero-order valence-electron chi connectivity index (χ0n) is 6.60. The van der Waals surface area contributed by atoms with E-state index < -0.39 is 0 Å². The quantitative estimate of drug-likeness (QED) is 0.431. The fourth-order valence-corrected chi connectivity index (χ4v) is 0. The molecule has 84 valence electrons. The third-order valence-electron chi connectivity index (χ3n) is 0. The molecular weight excluding hydrogens is 257 g/mol. The maximum atomic E-state index is 4.26. The minimum atomic E-state index is 0. The summed E-state index contributed by atoms with van der Waals surface area (Å²) >= 11 is 3.35. The van der Waals surface area contributed by atoms with E-state index in [-0.39, 0.29) is 55.9 Å². The number of nitrogens with two attached hydrogens (primary N) is 4. The monoisotopic (exact) mass is 272 g/mol. The molecule has 0 unspecified atom stereocenters. The summed E-state index contributed by atoms with van der Waals surface area (Å²) in [6.07, 6.45) is 0. The standard InChI is InChI=1S/C2H3.2CH3.ClH.4H2N.2Ni/c1-2;;;;;;;;;/h1H,2H2;2*1H3;1H;4*1H2;;/q3*-1;;4*-1;+1;+3/p-1. The third-order valence-corrected chi connectivity index (χ3v) is 0. The first-order chi connectivity index (χ1) is 2.00. The largest absolute Gasteiger partial charge is 3.00 e. The van der Waals surface area contributed by atoms with Crippen LogP contribution in [0.2, 0.25) is 0 Å². The van der Waals surface area contributed by atoms with Gasteiger partial charge in [-0.25, -0.2) is 0 Å². The van der Waals surface area contributed by atoms with Crippen molar-refractivity contribution in [1.29, 1.82) is 0 Å². The van der Waals surface area contributed by atoms with Crippen molar-refractivity contribution in [3.8, 4) is 0 Å². The topological polar surface area (TPSA) is 134 Å². The molecule has 0 atom stereocenters. The molecule has 11 heavy (non-hydrogen) atoms. The minimum Gasteiger partial charge on any atom is -0.693 e. The van der Waals surface area contributed by atoms with Gasteiger partial charge in [-0.2, -0.15) is 0 Å². The molecule has 4 nitrogen and oxygen atoms in total. The number of hydrogen-bond acceptors (Lipinski definition) is 0. The van der Waals surface area contributed by atoms with E-state index in [0.29, 0.717) is 0 Å². The molecule has 0 saturated carbocycles. The van der Waals surface area contributed by atoms with Crippen LogP contribution in [0.1, 0.15) is 0 Å².